The summed E-state index contributed by atoms with van der Waals surface area (Å²) in [7, 11) is 0. The molecule has 0 aliphatic rings. The number of hydrogen-bond donors (Lipinski definition) is 0. The maximum absolute atomic E-state index is 12.6. The molecule has 0 bridgehead atoms. The van der Waals surface area contributed by atoms with Crippen molar-refractivity contribution in [3.63, 3.8) is 0 Å². The average molecular weight is 286 g/mol. The molecule has 1 nitrogen and oxygen atoms in total. The molecule has 108 valence electrons. The Kier molecular flexibility index (Phi) is 4.15. The van der Waals surface area contributed by atoms with Gasteiger partial charge < -0.3 is 0 Å². The summed E-state index contributed by atoms with van der Waals surface area (Å²) in [6, 6.07) is 24.0. The van der Waals surface area contributed by atoms with Crippen molar-refractivity contribution in [2.75, 3.05) is 0 Å². The predicted octanol–water partition coefficient (Wildman–Crippen LogP) is 5.38. The number of ketones is 1. The molecule has 0 amide bonds. The van der Waals surface area contributed by atoms with Crippen molar-refractivity contribution in [3.8, 4) is 0 Å². The molecule has 22 heavy (non-hydrogen) atoms. The largest absolute Gasteiger partial charge is 0.294 e. The highest BCUT2D eigenvalue weighted by Crippen LogP contribution is 2.24. The molecule has 3 aromatic carbocycles. The summed E-state index contributed by atoms with van der Waals surface area (Å²) in [4.78, 5) is 12.6. The number of rotatable bonds is 5. The van der Waals surface area contributed by atoms with Crippen LogP contribution >= 0.6 is 0 Å². The maximum atomic E-state index is 12.6. The van der Waals surface area contributed by atoms with Crippen LogP contribution < -0.4 is 0 Å². The zero-order valence-corrected chi connectivity index (χ0v) is 12.4. The van der Waals surface area contributed by atoms with Gasteiger partial charge >= 0.3 is 0 Å². The maximum Gasteiger partial charge on any atom is 0.163 e. The quantitative estimate of drug-likeness (QED) is 0.454. The Morgan fingerprint density at radius 2 is 1.59 bits per heavy atom. The number of carbonyl (C=O) groups is 1. The summed E-state index contributed by atoms with van der Waals surface area (Å²) in [6.45, 7) is 3.88. The Labute approximate surface area is 130 Å². The Balaban J connectivity index is 1.84. The Morgan fingerprint density at radius 3 is 2.32 bits per heavy atom. The van der Waals surface area contributed by atoms with E-state index in [0.29, 0.717) is 6.42 Å². The van der Waals surface area contributed by atoms with Gasteiger partial charge in [-0.3, -0.25) is 4.79 Å². The molecule has 1 atom stereocenters. The molecule has 0 aliphatic heterocycles. The molecule has 1 heteroatoms. The minimum absolute atomic E-state index is 0.0557. The van der Waals surface area contributed by atoms with Crippen LogP contribution in [-0.2, 0) is 0 Å². The highest BCUT2D eigenvalue weighted by atomic mass is 16.1. The van der Waals surface area contributed by atoms with Crippen LogP contribution in [0.2, 0.25) is 0 Å². The second-order valence-corrected chi connectivity index (χ2v) is 5.44. The van der Waals surface area contributed by atoms with Gasteiger partial charge in [-0.25, -0.2) is 0 Å². The molecule has 0 aliphatic carbocycles. The summed E-state index contributed by atoms with van der Waals surface area (Å²) >= 11 is 0. The molecule has 0 aromatic heterocycles. The smallest absolute Gasteiger partial charge is 0.163 e. The number of benzene rings is 3. The average Bonchev–Trinajstić information content (AvgIpc) is 2.59. The fourth-order valence-corrected chi connectivity index (χ4v) is 2.72. The van der Waals surface area contributed by atoms with E-state index in [1.807, 2.05) is 72.8 Å². The molecule has 0 unspecified atom stereocenters. The molecule has 0 heterocycles. The van der Waals surface area contributed by atoms with Gasteiger partial charge in [0.2, 0.25) is 0 Å². The topological polar surface area (TPSA) is 17.1 Å². The zero-order valence-electron chi connectivity index (χ0n) is 12.4. The van der Waals surface area contributed by atoms with Gasteiger partial charge in [-0.1, -0.05) is 72.8 Å². The van der Waals surface area contributed by atoms with Crippen LogP contribution in [0.4, 0.5) is 0 Å². The number of allylic oxidation sites excluding steroid dienone is 1. The fourth-order valence-electron chi connectivity index (χ4n) is 2.72. The third-order valence-electron chi connectivity index (χ3n) is 3.99. The second kappa shape index (κ2) is 6.40. The van der Waals surface area contributed by atoms with Gasteiger partial charge in [-0.2, -0.15) is 0 Å². The van der Waals surface area contributed by atoms with Gasteiger partial charge in [0.1, 0.15) is 0 Å². The monoisotopic (exact) mass is 286 g/mol. The van der Waals surface area contributed by atoms with E-state index in [1.165, 1.54) is 0 Å². The lowest BCUT2D eigenvalue weighted by Gasteiger charge is -2.12. The van der Waals surface area contributed by atoms with Crippen molar-refractivity contribution >= 4 is 16.6 Å². The van der Waals surface area contributed by atoms with E-state index in [0.717, 1.165) is 21.9 Å². The van der Waals surface area contributed by atoms with E-state index in [4.69, 9.17) is 0 Å². The molecular weight excluding hydrogens is 268 g/mol. The van der Waals surface area contributed by atoms with E-state index in [-0.39, 0.29) is 11.7 Å². The Hall–Kier alpha value is -2.67. The Bertz CT molecular complexity index is 802. The molecule has 0 fully saturated rings. The number of hydrogen-bond acceptors (Lipinski definition) is 1. The summed E-state index contributed by atoms with van der Waals surface area (Å²) < 4.78 is 0. The number of Topliss-reactive ketones (excluding diaryl/α,β-unsaturated/α-hetero) is 1. The van der Waals surface area contributed by atoms with Crippen molar-refractivity contribution in [2.24, 2.45) is 0 Å². The molecule has 0 radical (unpaired) electrons. The van der Waals surface area contributed by atoms with Gasteiger partial charge in [0, 0.05) is 17.9 Å². The van der Waals surface area contributed by atoms with Gasteiger partial charge in [-0.15, -0.1) is 6.58 Å². The highest BCUT2D eigenvalue weighted by molar-refractivity contribution is 6.00. The van der Waals surface area contributed by atoms with E-state index in [2.05, 4.69) is 12.6 Å². The molecular formula is C21H18O. The number of fused-ring (bicyclic) bond motifs is 1. The van der Waals surface area contributed by atoms with Crippen LogP contribution in [0, 0.1) is 0 Å². The van der Waals surface area contributed by atoms with Crippen LogP contribution in [0.5, 0.6) is 0 Å². The van der Waals surface area contributed by atoms with Crippen LogP contribution in [0.25, 0.3) is 10.8 Å². The van der Waals surface area contributed by atoms with Crippen LogP contribution in [0.3, 0.4) is 0 Å². The SMILES string of the molecule is C=C[C@@H](CC(=O)c1ccc2ccccc2c1)c1ccccc1. The van der Waals surface area contributed by atoms with Crippen LogP contribution in [0.15, 0.2) is 85.5 Å². The van der Waals surface area contributed by atoms with Crippen molar-refractivity contribution in [2.45, 2.75) is 12.3 Å². The Morgan fingerprint density at radius 1 is 0.909 bits per heavy atom. The van der Waals surface area contributed by atoms with Gasteiger partial charge in [0.15, 0.2) is 5.78 Å². The molecule has 3 aromatic rings. The van der Waals surface area contributed by atoms with Gasteiger partial charge in [-0.05, 0) is 22.4 Å². The molecule has 0 saturated heterocycles. The van der Waals surface area contributed by atoms with E-state index < -0.39 is 0 Å². The number of carbonyl (C=O) groups excluding carboxylic acids is 1. The summed E-state index contributed by atoms with van der Waals surface area (Å²) in [6.07, 6.45) is 2.31. The minimum Gasteiger partial charge on any atom is -0.294 e. The highest BCUT2D eigenvalue weighted by Gasteiger charge is 2.14. The molecule has 0 N–H and O–H groups in total. The first-order valence-corrected chi connectivity index (χ1v) is 7.47. The third kappa shape index (κ3) is 2.99. The third-order valence-corrected chi connectivity index (χ3v) is 3.99. The van der Waals surface area contributed by atoms with Crippen molar-refractivity contribution < 1.29 is 4.79 Å². The van der Waals surface area contributed by atoms with Crippen molar-refractivity contribution in [1.82, 2.24) is 0 Å². The van der Waals surface area contributed by atoms with E-state index >= 15 is 0 Å². The van der Waals surface area contributed by atoms with E-state index in [1.54, 1.807) is 0 Å². The lowest BCUT2D eigenvalue weighted by Crippen LogP contribution is -2.05. The lowest BCUT2D eigenvalue weighted by molar-refractivity contribution is 0.0978. The molecule has 3 rings (SSSR count). The van der Waals surface area contributed by atoms with Gasteiger partial charge in [0.25, 0.3) is 0 Å². The van der Waals surface area contributed by atoms with E-state index in [9.17, 15) is 4.79 Å². The van der Waals surface area contributed by atoms with Crippen LogP contribution in [0.1, 0.15) is 28.3 Å². The lowest BCUT2D eigenvalue weighted by atomic mass is 9.91. The minimum atomic E-state index is 0.0557. The molecule has 0 saturated carbocycles. The summed E-state index contributed by atoms with van der Waals surface area (Å²) in [5, 5.41) is 2.26. The first-order valence-electron chi connectivity index (χ1n) is 7.47. The van der Waals surface area contributed by atoms with Crippen molar-refractivity contribution in [1.29, 1.82) is 0 Å². The van der Waals surface area contributed by atoms with Crippen LogP contribution in [-0.4, -0.2) is 5.78 Å². The first kappa shape index (κ1) is 14.3. The summed E-state index contributed by atoms with van der Waals surface area (Å²) in [5.74, 6) is 0.208. The normalized spacial score (nSPS) is 12.0. The summed E-state index contributed by atoms with van der Waals surface area (Å²) in [5.41, 5.74) is 1.90. The first-order chi connectivity index (χ1) is 10.8. The zero-order chi connectivity index (χ0) is 15.4. The predicted molar refractivity (Wildman–Crippen MR) is 92.3 cm³/mol. The molecule has 0 spiro atoms. The second-order valence-electron chi connectivity index (χ2n) is 5.44. The van der Waals surface area contributed by atoms with Crippen molar-refractivity contribution in [3.05, 3.63) is 96.6 Å². The standard InChI is InChI=1S/C21H18O/c1-2-16(17-8-4-3-5-9-17)15-21(22)20-13-12-18-10-6-7-11-19(18)14-20/h2-14,16H,1,15H2/t16-/m0/s1. The fraction of sp³-hybridized carbons (Fsp3) is 0.0952. The van der Waals surface area contributed by atoms with Gasteiger partial charge in [0.05, 0.1) is 0 Å².